The molecular formula is C15H20N2O3. The van der Waals surface area contributed by atoms with Crippen LogP contribution in [0.15, 0.2) is 18.2 Å². The van der Waals surface area contributed by atoms with Gasteiger partial charge in [-0.15, -0.1) is 0 Å². The normalized spacial score (nSPS) is 19.4. The molecule has 0 radical (unpaired) electrons. The van der Waals surface area contributed by atoms with Crippen molar-refractivity contribution in [1.29, 1.82) is 5.26 Å². The van der Waals surface area contributed by atoms with Crippen molar-refractivity contribution in [3.63, 3.8) is 0 Å². The molecular weight excluding hydrogens is 256 g/mol. The molecule has 2 atom stereocenters. The van der Waals surface area contributed by atoms with Crippen LogP contribution in [0.25, 0.3) is 0 Å². The number of nitriles is 1. The molecule has 20 heavy (non-hydrogen) atoms. The molecule has 0 bridgehead atoms. The Morgan fingerprint density at radius 3 is 2.80 bits per heavy atom. The lowest BCUT2D eigenvalue weighted by molar-refractivity contribution is 0.109. The van der Waals surface area contributed by atoms with Crippen LogP contribution in [0.4, 0.5) is 0 Å². The molecule has 0 amide bonds. The maximum atomic E-state index is 9.32. The Kier molecular flexibility index (Phi) is 5.22. The zero-order valence-corrected chi connectivity index (χ0v) is 11.9. The van der Waals surface area contributed by atoms with Crippen molar-refractivity contribution < 1.29 is 14.2 Å². The van der Waals surface area contributed by atoms with Gasteiger partial charge in [-0.2, -0.15) is 5.26 Å². The molecule has 1 fully saturated rings. The van der Waals surface area contributed by atoms with E-state index < -0.39 is 0 Å². The Bertz CT molecular complexity index is 478. The van der Waals surface area contributed by atoms with Gasteiger partial charge in [0.25, 0.3) is 0 Å². The summed E-state index contributed by atoms with van der Waals surface area (Å²) in [5, 5.41) is 12.6. The maximum Gasteiger partial charge on any atom is 0.161 e. The summed E-state index contributed by atoms with van der Waals surface area (Å²) in [6.45, 7) is 1.51. The van der Waals surface area contributed by atoms with Crippen molar-refractivity contribution in [2.75, 3.05) is 27.4 Å². The molecule has 5 heteroatoms. The fraction of sp³-hybridized carbons (Fsp3) is 0.533. The number of rotatable bonds is 6. The number of methoxy groups -OCH3 is 2. The predicted molar refractivity (Wildman–Crippen MR) is 74.9 cm³/mol. The quantitative estimate of drug-likeness (QED) is 0.861. The number of hydrogen-bond acceptors (Lipinski definition) is 5. The zero-order valence-electron chi connectivity index (χ0n) is 11.9. The fourth-order valence-corrected chi connectivity index (χ4v) is 2.33. The molecule has 1 heterocycles. The third-order valence-electron chi connectivity index (χ3n) is 3.44. The van der Waals surface area contributed by atoms with E-state index in [4.69, 9.17) is 14.2 Å². The summed E-state index contributed by atoms with van der Waals surface area (Å²) >= 11 is 0. The second-order valence-corrected chi connectivity index (χ2v) is 4.72. The van der Waals surface area contributed by atoms with Crippen molar-refractivity contribution >= 4 is 0 Å². The fourth-order valence-electron chi connectivity index (χ4n) is 2.33. The van der Waals surface area contributed by atoms with Crippen LogP contribution in [0, 0.1) is 11.3 Å². The van der Waals surface area contributed by atoms with E-state index in [-0.39, 0.29) is 12.1 Å². The highest BCUT2D eigenvalue weighted by molar-refractivity contribution is 5.44. The first-order valence-electron chi connectivity index (χ1n) is 6.75. The van der Waals surface area contributed by atoms with Crippen LogP contribution < -0.4 is 14.8 Å². The number of benzene rings is 1. The van der Waals surface area contributed by atoms with Gasteiger partial charge < -0.3 is 14.2 Å². The highest BCUT2D eigenvalue weighted by Crippen LogP contribution is 2.29. The van der Waals surface area contributed by atoms with Gasteiger partial charge in [-0.05, 0) is 30.5 Å². The number of hydrogen-bond donors (Lipinski definition) is 1. The molecule has 1 saturated heterocycles. The summed E-state index contributed by atoms with van der Waals surface area (Å²) < 4.78 is 16.0. The van der Waals surface area contributed by atoms with E-state index in [2.05, 4.69) is 11.4 Å². The Labute approximate surface area is 119 Å². The average molecular weight is 276 g/mol. The first kappa shape index (κ1) is 14.6. The van der Waals surface area contributed by atoms with E-state index in [1.165, 1.54) is 0 Å². The smallest absolute Gasteiger partial charge is 0.161 e. The minimum atomic E-state index is -0.376. The third kappa shape index (κ3) is 3.41. The van der Waals surface area contributed by atoms with Gasteiger partial charge in [0.2, 0.25) is 0 Å². The van der Waals surface area contributed by atoms with Gasteiger partial charge in [0, 0.05) is 13.2 Å². The van der Waals surface area contributed by atoms with Crippen LogP contribution in [0.5, 0.6) is 11.5 Å². The number of nitrogens with zero attached hydrogens (tertiary/aromatic N) is 1. The molecule has 0 aromatic heterocycles. The third-order valence-corrected chi connectivity index (χ3v) is 3.44. The van der Waals surface area contributed by atoms with E-state index >= 15 is 0 Å². The molecule has 1 aromatic carbocycles. The lowest BCUT2D eigenvalue weighted by Gasteiger charge is -2.17. The largest absolute Gasteiger partial charge is 0.493 e. The van der Waals surface area contributed by atoms with Crippen LogP contribution in [0.1, 0.15) is 24.4 Å². The van der Waals surface area contributed by atoms with E-state index in [0.717, 1.165) is 25.0 Å². The van der Waals surface area contributed by atoms with E-state index in [9.17, 15) is 5.26 Å². The highest BCUT2D eigenvalue weighted by Gasteiger charge is 2.19. The van der Waals surface area contributed by atoms with Crippen LogP contribution in [0.3, 0.4) is 0 Å². The van der Waals surface area contributed by atoms with Crippen LogP contribution in [0.2, 0.25) is 0 Å². The van der Waals surface area contributed by atoms with Gasteiger partial charge in [0.05, 0.1) is 26.4 Å². The van der Waals surface area contributed by atoms with Gasteiger partial charge in [0.1, 0.15) is 6.04 Å². The molecule has 1 aliphatic rings. The molecule has 108 valence electrons. The average Bonchev–Trinajstić information content (AvgIpc) is 3.01. The Morgan fingerprint density at radius 2 is 2.20 bits per heavy atom. The standard InChI is InChI=1S/C15H20N2O3/c1-18-14-6-5-11(8-15(14)19-2)13(9-16)17-10-12-4-3-7-20-12/h5-6,8,12-13,17H,3-4,7,10H2,1-2H3. The maximum absolute atomic E-state index is 9.32. The summed E-state index contributed by atoms with van der Waals surface area (Å²) in [5.41, 5.74) is 0.864. The van der Waals surface area contributed by atoms with Crippen molar-refractivity contribution in [3.8, 4) is 17.6 Å². The summed E-state index contributed by atoms with van der Waals surface area (Å²) in [6.07, 6.45) is 2.36. The molecule has 0 aliphatic carbocycles. The van der Waals surface area contributed by atoms with Gasteiger partial charge in [-0.1, -0.05) is 6.07 Å². The first-order chi connectivity index (χ1) is 9.78. The summed E-state index contributed by atoms with van der Waals surface area (Å²) in [6, 6.07) is 7.41. The molecule has 1 aliphatic heterocycles. The monoisotopic (exact) mass is 276 g/mol. The minimum Gasteiger partial charge on any atom is -0.493 e. The van der Waals surface area contributed by atoms with Crippen LogP contribution in [-0.2, 0) is 4.74 Å². The van der Waals surface area contributed by atoms with Crippen LogP contribution in [-0.4, -0.2) is 33.5 Å². The molecule has 1 aromatic rings. The molecule has 5 nitrogen and oxygen atoms in total. The molecule has 0 saturated carbocycles. The van der Waals surface area contributed by atoms with Crippen LogP contribution >= 0.6 is 0 Å². The number of nitrogens with one attached hydrogen (secondary N) is 1. The lowest BCUT2D eigenvalue weighted by Crippen LogP contribution is -2.29. The van der Waals surface area contributed by atoms with Crippen molar-refractivity contribution in [2.45, 2.75) is 25.0 Å². The van der Waals surface area contributed by atoms with Gasteiger partial charge in [0.15, 0.2) is 11.5 Å². The van der Waals surface area contributed by atoms with E-state index in [1.54, 1.807) is 14.2 Å². The molecule has 1 N–H and O–H groups in total. The van der Waals surface area contributed by atoms with E-state index in [1.807, 2.05) is 18.2 Å². The summed E-state index contributed by atoms with van der Waals surface area (Å²) in [4.78, 5) is 0. The molecule has 2 rings (SSSR count). The molecule has 2 unspecified atom stereocenters. The van der Waals surface area contributed by atoms with Crippen molar-refractivity contribution in [2.24, 2.45) is 0 Å². The lowest BCUT2D eigenvalue weighted by atomic mass is 10.1. The van der Waals surface area contributed by atoms with Crippen molar-refractivity contribution in [3.05, 3.63) is 23.8 Å². The highest BCUT2D eigenvalue weighted by atomic mass is 16.5. The van der Waals surface area contributed by atoms with Gasteiger partial charge in [-0.3, -0.25) is 5.32 Å². The summed E-state index contributed by atoms with van der Waals surface area (Å²) in [5.74, 6) is 1.29. The summed E-state index contributed by atoms with van der Waals surface area (Å²) in [7, 11) is 3.18. The van der Waals surface area contributed by atoms with E-state index in [0.29, 0.717) is 18.0 Å². The second-order valence-electron chi connectivity index (χ2n) is 4.72. The minimum absolute atomic E-state index is 0.214. The van der Waals surface area contributed by atoms with Gasteiger partial charge >= 0.3 is 0 Å². The Balaban J connectivity index is 2.04. The molecule has 0 spiro atoms. The second kappa shape index (κ2) is 7.13. The first-order valence-corrected chi connectivity index (χ1v) is 6.75. The van der Waals surface area contributed by atoms with Crippen molar-refractivity contribution in [1.82, 2.24) is 5.32 Å². The van der Waals surface area contributed by atoms with Gasteiger partial charge in [-0.25, -0.2) is 0 Å². The Hall–Kier alpha value is -1.77. The zero-order chi connectivity index (χ0) is 14.4. The predicted octanol–water partition coefficient (Wildman–Crippen LogP) is 2.04. The Morgan fingerprint density at radius 1 is 1.40 bits per heavy atom. The number of ether oxygens (including phenoxy) is 3. The topological polar surface area (TPSA) is 63.5 Å². The SMILES string of the molecule is COc1ccc(C(C#N)NCC2CCCO2)cc1OC.